The third-order valence-electron chi connectivity index (χ3n) is 4.68. The molecule has 2 saturated heterocycles. The van der Waals surface area contributed by atoms with E-state index in [0.717, 1.165) is 45.1 Å². The van der Waals surface area contributed by atoms with Gasteiger partial charge in [-0.1, -0.05) is 12.8 Å². The highest BCUT2D eigenvalue weighted by Crippen LogP contribution is 2.32. The van der Waals surface area contributed by atoms with E-state index in [0.29, 0.717) is 24.4 Å². The van der Waals surface area contributed by atoms with Crippen LogP contribution in [0, 0.1) is 5.92 Å². The number of carbonyl (C=O) groups excluding carboxylic acids is 1. The summed E-state index contributed by atoms with van der Waals surface area (Å²) in [7, 11) is 0. The zero-order chi connectivity index (χ0) is 15.1. The molecule has 2 aliphatic heterocycles. The number of fused-ring (bicyclic) bond motifs is 2. The molecule has 2 unspecified atom stereocenters. The average Bonchev–Trinajstić information content (AvgIpc) is 2.76. The second kappa shape index (κ2) is 8.37. The summed E-state index contributed by atoms with van der Waals surface area (Å²) in [5.41, 5.74) is 0. The van der Waals surface area contributed by atoms with Gasteiger partial charge in [0.2, 0.25) is 5.91 Å². The standard InChI is InChI=1S/C16H28N2O3/c19-15(17-8-4-2-1-3-5-16(20)21)11-12-9-13-6-7-14(10-12)18-13/h12-14,18H,1-11H2,(H,17,19)(H,20,21). The van der Waals surface area contributed by atoms with Crippen molar-refractivity contribution in [3.8, 4) is 0 Å². The Morgan fingerprint density at radius 3 is 2.38 bits per heavy atom. The third kappa shape index (κ3) is 6.04. The van der Waals surface area contributed by atoms with Gasteiger partial charge < -0.3 is 15.7 Å². The van der Waals surface area contributed by atoms with Crippen molar-refractivity contribution in [2.24, 2.45) is 5.92 Å². The molecule has 0 aliphatic carbocycles. The van der Waals surface area contributed by atoms with Crippen LogP contribution in [0.5, 0.6) is 0 Å². The van der Waals surface area contributed by atoms with Gasteiger partial charge in [-0.3, -0.25) is 9.59 Å². The molecule has 0 saturated carbocycles. The van der Waals surface area contributed by atoms with Crippen molar-refractivity contribution in [3.63, 3.8) is 0 Å². The fourth-order valence-corrected chi connectivity index (χ4v) is 3.66. The number of nitrogens with one attached hydrogen (secondary N) is 2. The van der Waals surface area contributed by atoms with Crippen LogP contribution in [0.3, 0.4) is 0 Å². The Bertz CT molecular complexity index is 347. The van der Waals surface area contributed by atoms with Gasteiger partial charge in [0.05, 0.1) is 0 Å². The van der Waals surface area contributed by atoms with E-state index in [4.69, 9.17) is 5.11 Å². The van der Waals surface area contributed by atoms with Crippen LogP contribution >= 0.6 is 0 Å². The lowest BCUT2D eigenvalue weighted by atomic mass is 9.89. The molecule has 0 aromatic rings. The number of carbonyl (C=O) groups is 2. The number of unbranched alkanes of at least 4 members (excludes halogenated alkanes) is 3. The summed E-state index contributed by atoms with van der Waals surface area (Å²) in [6.07, 6.45) is 9.39. The van der Waals surface area contributed by atoms with Crippen LogP contribution in [0.1, 0.15) is 64.2 Å². The fourth-order valence-electron chi connectivity index (χ4n) is 3.66. The summed E-state index contributed by atoms with van der Waals surface area (Å²) >= 11 is 0. The fraction of sp³-hybridized carbons (Fsp3) is 0.875. The molecule has 2 heterocycles. The maximum atomic E-state index is 11.9. The van der Waals surface area contributed by atoms with E-state index in [1.54, 1.807) is 0 Å². The molecule has 3 N–H and O–H groups in total. The second-order valence-electron chi connectivity index (χ2n) is 6.59. The largest absolute Gasteiger partial charge is 0.481 e. The zero-order valence-corrected chi connectivity index (χ0v) is 12.8. The van der Waals surface area contributed by atoms with Crippen LogP contribution in [0.4, 0.5) is 0 Å². The summed E-state index contributed by atoms with van der Waals surface area (Å²) in [5.74, 6) is 0.0189. The molecule has 5 heteroatoms. The SMILES string of the molecule is O=C(O)CCCCCCNC(=O)CC1CC2CCC(C1)N2. The van der Waals surface area contributed by atoms with E-state index in [-0.39, 0.29) is 12.3 Å². The number of hydrogen-bond donors (Lipinski definition) is 3. The first-order valence-electron chi connectivity index (χ1n) is 8.38. The molecule has 21 heavy (non-hydrogen) atoms. The van der Waals surface area contributed by atoms with Crippen molar-refractivity contribution in [2.45, 2.75) is 76.3 Å². The molecule has 0 radical (unpaired) electrons. The van der Waals surface area contributed by atoms with Crippen molar-refractivity contribution in [2.75, 3.05) is 6.54 Å². The van der Waals surface area contributed by atoms with Crippen molar-refractivity contribution < 1.29 is 14.7 Å². The monoisotopic (exact) mass is 296 g/mol. The summed E-state index contributed by atoms with van der Waals surface area (Å²) in [4.78, 5) is 22.3. The lowest BCUT2D eigenvalue weighted by molar-refractivity contribution is -0.137. The second-order valence-corrected chi connectivity index (χ2v) is 6.59. The molecular formula is C16H28N2O3. The van der Waals surface area contributed by atoms with Crippen molar-refractivity contribution in [3.05, 3.63) is 0 Å². The predicted octanol–water partition coefficient (Wildman–Crippen LogP) is 2.06. The number of amides is 1. The molecule has 0 spiro atoms. The van der Waals surface area contributed by atoms with Crippen LogP contribution < -0.4 is 10.6 Å². The van der Waals surface area contributed by atoms with E-state index in [2.05, 4.69) is 10.6 Å². The molecule has 2 rings (SSSR count). The Hall–Kier alpha value is -1.10. The normalized spacial score (nSPS) is 27.5. The molecule has 0 aromatic carbocycles. The van der Waals surface area contributed by atoms with Crippen molar-refractivity contribution in [1.29, 1.82) is 0 Å². The van der Waals surface area contributed by atoms with Gasteiger partial charge in [0.1, 0.15) is 0 Å². The van der Waals surface area contributed by atoms with Gasteiger partial charge in [-0.05, 0) is 44.4 Å². The highest BCUT2D eigenvalue weighted by atomic mass is 16.4. The van der Waals surface area contributed by atoms with Crippen LogP contribution in [0.25, 0.3) is 0 Å². The highest BCUT2D eigenvalue weighted by molar-refractivity contribution is 5.76. The number of piperidine rings is 1. The number of hydrogen-bond acceptors (Lipinski definition) is 3. The van der Waals surface area contributed by atoms with Crippen LogP contribution in [-0.4, -0.2) is 35.6 Å². The first-order chi connectivity index (χ1) is 10.1. The van der Waals surface area contributed by atoms with Gasteiger partial charge in [-0.25, -0.2) is 0 Å². The number of carboxylic acid groups (broad SMARTS) is 1. The van der Waals surface area contributed by atoms with E-state index in [1.807, 2.05) is 0 Å². The highest BCUT2D eigenvalue weighted by Gasteiger charge is 2.33. The molecule has 5 nitrogen and oxygen atoms in total. The van der Waals surface area contributed by atoms with Gasteiger partial charge in [-0.15, -0.1) is 0 Å². The van der Waals surface area contributed by atoms with Crippen molar-refractivity contribution >= 4 is 11.9 Å². The number of aliphatic carboxylic acids is 1. The molecule has 1 amide bonds. The van der Waals surface area contributed by atoms with E-state index < -0.39 is 5.97 Å². The predicted molar refractivity (Wildman–Crippen MR) is 81.0 cm³/mol. The summed E-state index contributed by atoms with van der Waals surface area (Å²) in [6, 6.07) is 1.30. The van der Waals surface area contributed by atoms with Gasteiger partial charge in [-0.2, -0.15) is 0 Å². The number of rotatable bonds is 9. The number of carboxylic acids is 1. The molecule has 2 aliphatic rings. The summed E-state index contributed by atoms with van der Waals surface area (Å²) < 4.78 is 0. The van der Waals surface area contributed by atoms with Gasteiger partial charge in [0.25, 0.3) is 0 Å². The maximum Gasteiger partial charge on any atom is 0.303 e. The topological polar surface area (TPSA) is 78.4 Å². The average molecular weight is 296 g/mol. The molecule has 120 valence electrons. The first kappa shape index (κ1) is 16.3. The Morgan fingerprint density at radius 1 is 1.05 bits per heavy atom. The first-order valence-corrected chi connectivity index (χ1v) is 8.38. The minimum Gasteiger partial charge on any atom is -0.481 e. The van der Waals surface area contributed by atoms with Crippen molar-refractivity contribution in [1.82, 2.24) is 10.6 Å². The summed E-state index contributed by atoms with van der Waals surface area (Å²) in [6.45, 7) is 0.726. The molecular weight excluding hydrogens is 268 g/mol. The van der Waals surface area contributed by atoms with E-state index in [9.17, 15) is 9.59 Å². The minimum atomic E-state index is -0.723. The molecule has 0 aromatic heterocycles. The van der Waals surface area contributed by atoms with Crippen LogP contribution in [-0.2, 0) is 9.59 Å². The molecule has 2 atom stereocenters. The Balaban J connectivity index is 1.47. The van der Waals surface area contributed by atoms with E-state index >= 15 is 0 Å². The Labute approximate surface area is 126 Å². The van der Waals surface area contributed by atoms with Crippen LogP contribution in [0.2, 0.25) is 0 Å². The smallest absolute Gasteiger partial charge is 0.303 e. The zero-order valence-electron chi connectivity index (χ0n) is 12.8. The molecule has 2 fully saturated rings. The Morgan fingerprint density at radius 2 is 1.71 bits per heavy atom. The van der Waals surface area contributed by atoms with E-state index in [1.165, 1.54) is 12.8 Å². The maximum absolute atomic E-state index is 11.9. The lowest BCUT2D eigenvalue weighted by Crippen LogP contribution is -2.39. The third-order valence-corrected chi connectivity index (χ3v) is 4.68. The van der Waals surface area contributed by atoms with Gasteiger partial charge in [0, 0.05) is 31.5 Å². The molecule has 2 bridgehead atoms. The Kier molecular flexibility index (Phi) is 6.49. The minimum absolute atomic E-state index is 0.187. The quantitative estimate of drug-likeness (QED) is 0.569. The van der Waals surface area contributed by atoms with Gasteiger partial charge in [0.15, 0.2) is 0 Å². The van der Waals surface area contributed by atoms with Gasteiger partial charge >= 0.3 is 5.97 Å². The summed E-state index contributed by atoms with van der Waals surface area (Å²) in [5, 5.41) is 15.1. The lowest BCUT2D eigenvalue weighted by Gasteiger charge is -2.28. The van der Waals surface area contributed by atoms with Crippen LogP contribution in [0.15, 0.2) is 0 Å².